The lowest BCUT2D eigenvalue weighted by Crippen LogP contribution is -2.37. The van der Waals surface area contributed by atoms with Crippen molar-refractivity contribution in [1.82, 2.24) is 15.6 Å². The molecule has 118 valence electrons. The molecule has 2 N–H and O–H groups in total. The molecule has 8 heteroatoms. The van der Waals surface area contributed by atoms with Crippen LogP contribution in [0.5, 0.6) is 0 Å². The zero-order chi connectivity index (χ0) is 15.6. The van der Waals surface area contributed by atoms with E-state index in [1.54, 1.807) is 12.4 Å². The fourth-order valence-electron chi connectivity index (χ4n) is 1.49. The molecule has 21 heavy (non-hydrogen) atoms. The monoisotopic (exact) mass is 305 g/mol. The smallest absolute Gasteiger partial charge is 0.372 e. The number of nitrogens with zero attached hydrogens (tertiary/aromatic N) is 1. The van der Waals surface area contributed by atoms with Crippen molar-refractivity contribution in [2.45, 2.75) is 19.0 Å². The summed E-state index contributed by atoms with van der Waals surface area (Å²) in [6.07, 6.45) is 0.0707. The minimum Gasteiger partial charge on any atom is -0.372 e. The van der Waals surface area contributed by atoms with Crippen molar-refractivity contribution in [3.05, 3.63) is 30.1 Å². The Morgan fingerprint density at radius 3 is 2.71 bits per heavy atom. The van der Waals surface area contributed by atoms with Gasteiger partial charge in [-0.25, -0.2) is 4.79 Å². The maximum Gasteiger partial charge on any atom is 0.411 e. The summed E-state index contributed by atoms with van der Waals surface area (Å²) < 4.78 is 39.7. The lowest BCUT2D eigenvalue weighted by Gasteiger charge is -2.09. The molecule has 0 spiro atoms. The molecular formula is C13H18F3N3O2. The Bertz CT molecular complexity index is 413. The number of carbonyl (C=O) groups is 1. The lowest BCUT2D eigenvalue weighted by molar-refractivity contribution is -0.173. The first-order valence-corrected chi connectivity index (χ1v) is 6.52. The number of amides is 2. The molecule has 0 radical (unpaired) electrons. The summed E-state index contributed by atoms with van der Waals surface area (Å²) in [5, 5.41) is 5.19. The van der Waals surface area contributed by atoms with Gasteiger partial charge in [0.2, 0.25) is 0 Å². The second-order valence-corrected chi connectivity index (χ2v) is 4.32. The highest BCUT2D eigenvalue weighted by Crippen LogP contribution is 2.14. The number of carbonyl (C=O) groups excluding carboxylic acids is 1. The van der Waals surface area contributed by atoms with Gasteiger partial charge in [0, 0.05) is 32.1 Å². The average molecular weight is 305 g/mol. The standard InChI is InChI=1S/C13H18F3N3O2/c14-13(15,16)10-21-8-2-6-18-12(20)19-7-4-11-3-1-5-17-9-11/h1,3,5,9H,2,4,6-8,10H2,(H2,18,19,20). The molecule has 5 nitrogen and oxygen atoms in total. The summed E-state index contributed by atoms with van der Waals surface area (Å²) in [4.78, 5) is 15.3. The van der Waals surface area contributed by atoms with Crippen molar-refractivity contribution in [3.8, 4) is 0 Å². The summed E-state index contributed by atoms with van der Waals surface area (Å²) >= 11 is 0. The van der Waals surface area contributed by atoms with Crippen LogP contribution >= 0.6 is 0 Å². The third-order valence-electron chi connectivity index (χ3n) is 2.44. The average Bonchev–Trinajstić information content (AvgIpc) is 2.43. The van der Waals surface area contributed by atoms with Crippen LogP contribution in [0.2, 0.25) is 0 Å². The van der Waals surface area contributed by atoms with E-state index in [1.165, 1.54) is 0 Å². The summed E-state index contributed by atoms with van der Waals surface area (Å²) in [6.45, 7) is -0.585. The van der Waals surface area contributed by atoms with Crippen LogP contribution in [-0.2, 0) is 11.2 Å². The molecule has 1 aromatic heterocycles. The topological polar surface area (TPSA) is 63.2 Å². The molecule has 0 saturated heterocycles. The Morgan fingerprint density at radius 1 is 1.29 bits per heavy atom. The van der Waals surface area contributed by atoms with Crippen molar-refractivity contribution in [2.24, 2.45) is 0 Å². The van der Waals surface area contributed by atoms with Gasteiger partial charge in [0.05, 0.1) is 0 Å². The fraction of sp³-hybridized carbons (Fsp3) is 0.538. The second kappa shape index (κ2) is 9.17. The van der Waals surface area contributed by atoms with Gasteiger partial charge in [-0.3, -0.25) is 4.98 Å². The van der Waals surface area contributed by atoms with Crippen LogP contribution in [0.25, 0.3) is 0 Å². The summed E-state index contributed by atoms with van der Waals surface area (Å²) in [5.41, 5.74) is 1.01. The number of halogens is 3. The Kier molecular flexibility index (Phi) is 7.52. The van der Waals surface area contributed by atoms with E-state index in [0.29, 0.717) is 19.4 Å². The van der Waals surface area contributed by atoms with E-state index >= 15 is 0 Å². The molecule has 0 atom stereocenters. The highest BCUT2D eigenvalue weighted by Gasteiger charge is 2.27. The van der Waals surface area contributed by atoms with Crippen LogP contribution in [-0.4, -0.2) is 43.5 Å². The first-order chi connectivity index (χ1) is 9.97. The molecule has 1 heterocycles. The van der Waals surface area contributed by atoms with Gasteiger partial charge >= 0.3 is 12.2 Å². The molecule has 2 amide bonds. The molecule has 0 aliphatic heterocycles. The molecule has 0 fully saturated rings. The molecule has 0 unspecified atom stereocenters. The zero-order valence-corrected chi connectivity index (χ0v) is 11.4. The van der Waals surface area contributed by atoms with Crippen LogP contribution < -0.4 is 10.6 Å². The van der Waals surface area contributed by atoms with E-state index in [0.717, 1.165) is 5.56 Å². The van der Waals surface area contributed by atoms with Crippen LogP contribution in [0.1, 0.15) is 12.0 Å². The summed E-state index contributed by atoms with van der Waals surface area (Å²) in [6, 6.07) is 3.37. The third kappa shape index (κ3) is 9.67. The van der Waals surface area contributed by atoms with Crippen molar-refractivity contribution < 1.29 is 22.7 Å². The maximum atomic E-state index is 11.8. The Morgan fingerprint density at radius 2 is 2.05 bits per heavy atom. The van der Waals surface area contributed by atoms with Crippen LogP contribution in [0.4, 0.5) is 18.0 Å². The quantitative estimate of drug-likeness (QED) is 0.721. The van der Waals surface area contributed by atoms with Crippen LogP contribution in [0.15, 0.2) is 24.5 Å². The van der Waals surface area contributed by atoms with E-state index in [-0.39, 0.29) is 19.2 Å². The van der Waals surface area contributed by atoms with Crippen molar-refractivity contribution >= 4 is 6.03 Å². The number of hydrogen-bond donors (Lipinski definition) is 2. The number of urea groups is 1. The van der Waals surface area contributed by atoms with Gasteiger partial charge in [-0.2, -0.15) is 13.2 Å². The highest BCUT2D eigenvalue weighted by atomic mass is 19.4. The van der Waals surface area contributed by atoms with Gasteiger partial charge in [0.15, 0.2) is 0 Å². The molecule has 0 saturated carbocycles. The van der Waals surface area contributed by atoms with Gasteiger partial charge in [-0.1, -0.05) is 6.07 Å². The number of nitrogens with one attached hydrogen (secondary N) is 2. The van der Waals surface area contributed by atoms with Gasteiger partial charge in [0.1, 0.15) is 6.61 Å². The van der Waals surface area contributed by atoms with Crippen molar-refractivity contribution in [2.75, 3.05) is 26.3 Å². The lowest BCUT2D eigenvalue weighted by atomic mass is 10.2. The van der Waals surface area contributed by atoms with Crippen LogP contribution in [0, 0.1) is 0 Å². The molecule has 0 bridgehead atoms. The van der Waals surface area contributed by atoms with E-state index in [4.69, 9.17) is 0 Å². The SMILES string of the molecule is O=C(NCCCOCC(F)(F)F)NCCc1cccnc1. The highest BCUT2D eigenvalue weighted by molar-refractivity contribution is 5.73. The first-order valence-electron chi connectivity index (χ1n) is 6.52. The van der Waals surface area contributed by atoms with Gasteiger partial charge in [0.25, 0.3) is 0 Å². The Balaban J connectivity index is 1.97. The zero-order valence-electron chi connectivity index (χ0n) is 11.4. The fourth-order valence-corrected chi connectivity index (χ4v) is 1.49. The van der Waals surface area contributed by atoms with Crippen LogP contribution in [0.3, 0.4) is 0 Å². The van der Waals surface area contributed by atoms with E-state index < -0.39 is 12.8 Å². The number of pyridine rings is 1. The molecule has 0 aromatic carbocycles. The number of aromatic nitrogens is 1. The Labute approximate surface area is 120 Å². The molecule has 1 aromatic rings. The van der Waals surface area contributed by atoms with E-state index in [2.05, 4.69) is 20.4 Å². The molecule has 0 aliphatic carbocycles. The van der Waals surface area contributed by atoms with Crippen molar-refractivity contribution in [1.29, 1.82) is 0 Å². The van der Waals surface area contributed by atoms with Gasteiger partial charge in [-0.05, 0) is 24.5 Å². The first kappa shape index (κ1) is 17.2. The minimum atomic E-state index is -4.31. The summed E-state index contributed by atoms with van der Waals surface area (Å²) in [7, 11) is 0. The van der Waals surface area contributed by atoms with Crippen molar-refractivity contribution in [3.63, 3.8) is 0 Å². The normalized spacial score (nSPS) is 11.2. The molecular weight excluding hydrogens is 287 g/mol. The third-order valence-corrected chi connectivity index (χ3v) is 2.44. The second-order valence-electron chi connectivity index (χ2n) is 4.32. The Hall–Kier alpha value is -1.83. The molecule has 1 rings (SSSR count). The van der Waals surface area contributed by atoms with Gasteiger partial charge in [-0.15, -0.1) is 0 Å². The van der Waals surface area contributed by atoms with Gasteiger partial charge < -0.3 is 15.4 Å². The number of rotatable bonds is 8. The predicted molar refractivity (Wildman–Crippen MR) is 70.8 cm³/mol. The largest absolute Gasteiger partial charge is 0.411 e. The number of alkyl halides is 3. The summed E-state index contributed by atoms with van der Waals surface area (Å²) in [5.74, 6) is 0. The van der Waals surface area contributed by atoms with E-state index in [1.807, 2.05) is 12.1 Å². The number of hydrogen-bond acceptors (Lipinski definition) is 3. The maximum absolute atomic E-state index is 11.8. The minimum absolute atomic E-state index is 0.0462. The predicted octanol–water partition coefficient (Wildman–Crippen LogP) is 1.89. The van der Waals surface area contributed by atoms with E-state index in [9.17, 15) is 18.0 Å². The number of ether oxygens (including phenoxy) is 1. The molecule has 0 aliphatic rings.